The van der Waals surface area contributed by atoms with Crippen molar-refractivity contribution in [2.75, 3.05) is 39.6 Å². The number of ether oxygens (including phenoxy) is 4. The lowest BCUT2D eigenvalue weighted by Gasteiger charge is -2.46. The van der Waals surface area contributed by atoms with E-state index in [2.05, 4.69) is 9.47 Å². The first-order chi connectivity index (χ1) is 18.2. The second-order valence-electron chi connectivity index (χ2n) is 10.2. The standard InChI is InChI=1S/C24H26F12O4/c1-3-17(9-37-10-17)13-39-19(21(25,26)27,22(28,29)30)15-6-5-7-16(8-15)20(23(31,32)33,24(34,35)36)40-14-18(4-2)11-38-12-18/h5-8H,3-4,9-14H2,1-2H3. The average molecular weight is 606 g/mol. The fourth-order valence-electron chi connectivity index (χ4n) is 4.51. The summed E-state index contributed by atoms with van der Waals surface area (Å²) in [6.07, 6.45) is -25.3. The molecule has 3 rings (SSSR count). The van der Waals surface area contributed by atoms with Gasteiger partial charge in [-0.2, -0.15) is 52.7 Å². The fourth-order valence-corrected chi connectivity index (χ4v) is 4.51. The first kappa shape index (κ1) is 32.7. The van der Waals surface area contributed by atoms with E-state index in [1.807, 2.05) is 0 Å². The van der Waals surface area contributed by atoms with Crippen LogP contribution in [0.3, 0.4) is 0 Å². The summed E-state index contributed by atoms with van der Waals surface area (Å²) in [4.78, 5) is 0. The summed E-state index contributed by atoms with van der Waals surface area (Å²) >= 11 is 0. The maximum Gasteiger partial charge on any atom is 0.430 e. The van der Waals surface area contributed by atoms with E-state index in [9.17, 15) is 52.7 Å². The van der Waals surface area contributed by atoms with Crippen molar-refractivity contribution in [3.8, 4) is 0 Å². The molecule has 4 nitrogen and oxygen atoms in total. The Labute approximate surface area is 220 Å². The van der Waals surface area contributed by atoms with Gasteiger partial charge in [0.1, 0.15) is 0 Å². The highest BCUT2D eigenvalue weighted by Gasteiger charge is 2.76. The van der Waals surface area contributed by atoms with E-state index < -0.39 is 77.1 Å². The molecule has 1 aromatic carbocycles. The highest BCUT2D eigenvalue weighted by atomic mass is 19.4. The molecule has 0 aromatic heterocycles. The minimum atomic E-state index is -6.35. The van der Waals surface area contributed by atoms with Gasteiger partial charge in [0.25, 0.3) is 11.2 Å². The van der Waals surface area contributed by atoms with E-state index in [0.29, 0.717) is 0 Å². The fraction of sp³-hybridized carbons (Fsp3) is 0.750. The summed E-state index contributed by atoms with van der Waals surface area (Å²) in [6.45, 7) is -0.491. The zero-order valence-electron chi connectivity index (χ0n) is 21.1. The van der Waals surface area contributed by atoms with Crippen molar-refractivity contribution in [1.82, 2.24) is 0 Å². The van der Waals surface area contributed by atoms with Gasteiger partial charge in [-0.25, -0.2) is 0 Å². The first-order valence-electron chi connectivity index (χ1n) is 12.0. The molecule has 0 unspecified atom stereocenters. The molecule has 2 saturated heterocycles. The molecule has 2 heterocycles. The van der Waals surface area contributed by atoms with Gasteiger partial charge >= 0.3 is 24.7 Å². The van der Waals surface area contributed by atoms with E-state index in [1.165, 1.54) is 13.8 Å². The van der Waals surface area contributed by atoms with Crippen LogP contribution >= 0.6 is 0 Å². The third-order valence-electron chi connectivity index (χ3n) is 7.60. The van der Waals surface area contributed by atoms with Gasteiger partial charge in [0.15, 0.2) is 0 Å². The molecule has 0 atom stereocenters. The van der Waals surface area contributed by atoms with Gasteiger partial charge in [0.05, 0.1) is 39.6 Å². The van der Waals surface area contributed by atoms with Crippen molar-refractivity contribution < 1.29 is 71.6 Å². The van der Waals surface area contributed by atoms with Crippen LogP contribution in [0.1, 0.15) is 37.8 Å². The molecule has 0 bridgehead atoms. The predicted octanol–water partition coefficient (Wildman–Crippen LogP) is 7.21. The van der Waals surface area contributed by atoms with E-state index in [4.69, 9.17) is 9.47 Å². The van der Waals surface area contributed by atoms with Crippen LogP contribution in [0, 0.1) is 10.8 Å². The van der Waals surface area contributed by atoms with Crippen LogP contribution in [0.4, 0.5) is 52.7 Å². The van der Waals surface area contributed by atoms with E-state index in [0.717, 1.165) is 0 Å². The van der Waals surface area contributed by atoms with Crippen molar-refractivity contribution in [2.24, 2.45) is 10.8 Å². The SMILES string of the molecule is CCC1(COC(c2cccc(C(OCC3(CC)COC3)(C(F)(F)F)C(F)(F)F)c2)(C(F)(F)F)C(F)(F)F)COC1. The van der Waals surface area contributed by atoms with Crippen LogP contribution in [0.25, 0.3) is 0 Å². The maximum atomic E-state index is 14.3. The Morgan fingerprint density at radius 3 is 1.10 bits per heavy atom. The van der Waals surface area contributed by atoms with Gasteiger partial charge in [-0.1, -0.05) is 32.0 Å². The maximum absolute atomic E-state index is 14.3. The smallest absolute Gasteiger partial charge is 0.380 e. The minimum Gasteiger partial charge on any atom is -0.380 e. The summed E-state index contributed by atoms with van der Waals surface area (Å²) in [7, 11) is 0. The molecule has 2 aliphatic heterocycles. The minimum absolute atomic E-state index is 0.0286. The van der Waals surface area contributed by atoms with Crippen LogP contribution in [-0.4, -0.2) is 64.3 Å². The quantitative estimate of drug-likeness (QED) is 0.264. The summed E-state index contributed by atoms with van der Waals surface area (Å²) in [5, 5.41) is 0. The Hall–Kier alpha value is -1.78. The average Bonchev–Trinajstić information content (AvgIpc) is 2.74. The van der Waals surface area contributed by atoms with E-state index in [-0.39, 0.29) is 57.5 Å². The first-order valence-corrected chi connectivity index (χ1v) is 12.0. The third kappa shape index (κ3) is 5.28. The van der Waals surface area contributed by atoms with Gasteiger partial charge in [-0.05, 0) is 18.9 Å². The Balaban J connectivity index is 2.22. The van der Waals surface area contributed by atoms with E-state index >= 15 is 0 Å². The molecule has 1 aromatic rings. The molecule has 2 aliphatic rings. The van der Waals surface area contributed by atoms with Crippen molar-refractivity contribution in [3.05, 3.63) is 35.4 Å². The van der Waals surface area contributed by atoms with Crippen molar-refractivity contribution in [3.63, 3.8) is 0 Å². The summed E-state index contributed by atoms with van der Waals surface area (Å²) in [5.74, 6) is 0. The van der Waals surface area contributed by atoms with Crippen LogP contribution < -0.4 is 0 Å². The molecule has 0 spiro atoms. The van der Waals surface area contributed by atoms with Crippen LogP contribution in [0.15, 0.2) is 24.3 Å². The molecular formula is C24H26F12O4. The second kappa shape index (κ2) is 10.5. The number of alkyl halides is 12. The number of rotatable bonds is 10. The Bertz CT molecular complexity index is 904. The van der Waals surface area contributed by atoms with Gasteiger partial charge in [-0.3, -0.25) is 0 Å². The number of hydrogen-bond acceptors (Lipinski definition) is 4. The molecule has 0 radical (unpaired) electrons. The summed E-state index contributed by atoms with van der Waals surface area (Å²) in [5.41, 5.74) is -17.1. The van der Waals surface area contributed by atoms with Crippen LogP contribution in [0.2, 0.25) is 0 Å². The topological polar surface area (TPSA) is 36.9 Å². The highest BCUT2D eigenvalue weighted by Crippen LogP contribution is 2.57. The Morgan fingerprint density at radius 1 is 0.600 bits per heavy atom. The molecule has 16 heteroatoms. The van der Waals surface area contributed by atoms with Crippen LogP contribution in [-0.2, 0) is 30.1 Å². The predicted molar refractivity (Wildman–Crippen MR) is 113 cm³/mol. The zero-order chi connectivity index (χ0) is 30.5. The molecule has 40 heavy (non-hydrogen) atoms. The normalized spacial score (nSPS) is 20.1. The second-order valence-corrected chi connectivity index (χ2v) is 10.2. The van der Waals surface area contributed by atoms with Gasteiger partial charge in [-0.15, -0.1) is 0 Å². The van der Waals surface area contributed by atoms with Gasteiger partial charge < -0.3 is 18.9 Å². The van der Waals surface area contributed by atoms with Gasteiger partial charge in [0, 0.05) is 22.0 Å². The number of benzene rings is 1. The molecular weight excluding hydrogens is 580 g/mol. The zero-order valence-corrected chi connectivity index (χ0v) is 21.1. The molecule has 0 saturated carbocycles. The monoisotopic (exact) mass is 606 g/mol. The molecule has 0 aliphatic carbocycles. The molecule has 0 N–H and O–H groups in total. The third-order valence-corrected chi connectivity index (χ3v) is 7.60. The lowest BCUT2D eigenvalue weighted by molar-refractivity contribution is -0.399. The largest absolute Gasteiger partial charge is 0.430 e. The lowest BCUT2D eigenvalue weighted by Crippen LogP contribution is -2.60. The lowest BCUT2D eigenvalue weighted by atomic mass is 9.82. The van der Waals surface area contributed by atoms with Crippen LogP contribution in [0.5, 0.6) is 0 Å². The molecule has 0 amide bonds. The number of halogens is 12. The highest BCUT2D eigenvalue weighted by molar-refractivity contribution is 5.37. The van der Waals surface area contributed by atoms with Crippen molar-refractivity contribution in [1.29, 1.82) is 0 Å². The Kier molecular flexibility index (Phi) is 8.59. The summed E-state index contributed by atoms with van der Waals surface area (Å²) in [6, 6.07) is 0.0179. The number of hydrogen-bond donors (Lipinski definition) is 0. The van der Waals surface area contributed by atoms with Gasteiger partial charge in [0.2, 0.25) is 0 Å². The summed E-state index contributed by atoms with van der Waals surface area (Å²) < 4.78 is 190. The Morgan fingerprint density at radius 2 is 0.900 bits per heavy atom. The van der Waals surface area contributed by atoms with Crippen molar-refractivity contribution in [2.45, 2.75) is 62.6 Å². The van der Waals surface area contributed by atoms with Crippen molar-refractivity contribution >= 4 is 0 Å². The molecule has 2 fully saturated rings. The van der Waals surface area contributed by atoms with E-state index in [1.54, 1.807) is 0 Å². The molecule has 230 valence electrons.